The lowest BCUT2D eigenvalue weighted by Gasteiger charge is -2.07. The summed E-state index contributed by atoms with van der Waals surface area (Å²) in [4.78, 5) is 28.8. The minimum atomic E-state index is -0.322. The summed E-state index contributed by atoms with van der Waals surface area (Å²) < 4.78 is 4.53. The molecular weight excluding hydrogens is 246 g/mol. The van der Waals surface area contributed by atoms with Crippen molar-refractivity contribution >= 4 is 11.2 Å². The van der Waals surface area contributed by atoms with Gasteiger partial charge in [-0.1, -0.05) is 0 Å². The zero-order valence-electron chi connectivity index (χ0n) is 11.7. The molecular formula is C12H19N5O2. The van der Waals surface area contributed by atoms with Gasteiger partial charge in [-0.15, -0.1) is 0 Å². The number of aryl methyl sites for hydroxylation is 2. The van der Waals surface area contributed by atoms with Crippen LogP contribution in [-0.2, 0) is 26.7 Å². The Morgan fingerprint density at radius 3 is 2.32 bits per heavy atom. The van der Waals surface area contributed by atoms with Crippen LogP contribution in [0.4, 0.5) is 0 Å². The monoisotopic (exact) mass is 265 g/mol. The van der Waals surface area contributed by atoms with E-state index in [-0.39, 0.29) is 11.2 Å². The fraction of sp³-hybridized carbons (Fsp3) is 0.583. The van der Waals surface area contributed by atoms with E-state index < -0.39 is 0 Å². The first kappa shape index (κ1) is 13.5. The molecule has 0 unspecified atom stereocenters. The highest BCUT2D eigenvalue weighted by molar-refractivity contribution is 5.71. The summed E-state index contributed by atoms with van der Waals surface area (Å²) in [6.07, 6.45) is 0. The highest BCUT2D eigenvalue weighted by Crippen LogP contribution is 2.11. The van der Waals surface area contributed by atoms with Crippen molar-refractivity contribution in [3.05, 3.63) is 26.7 Å². The van der Waals surface area contributed by atoms with Crippen LogP contribution in [0, 0.1) is 0 Å². The van der Waals surface area contributed by atoms with Gasteiger partial charge in [0.15, 0.2) is 11.2 Å². The zero-order chi connectivity index (χ0) is 14.2. The van der Waals surface area contributed by atoms with Crippen molar-refractivity contribution in [2.75, 3.05) is 7.05 Å². The summed E-state index contributed by atoms with van der Waals surface area (Å²) in [5.74, 6) is 0.768. The molecule has 2 aromatic rings. The smallest absolute Gasteiger partial charge is 0.321 e. The van der Waals surface area contributed by atoms with Crippen molar-refractivity contribution in [2.24, 2.45) is 7.05 Å². The Bertz CT molecular complexity index is 722. The second-order valence-corrected chi connectivity index (χ2v) is 4.37. The first-order chi connectivity index (χ1) is 9.06. The molecule has 0 bridgehead atoms. The van der Waals surface area contributed by atoms with Crippen molar-refractivity contribution in [1.82, 2.24) is 24.0 Å². The SMILES string of the molecule is CCn1c(CNC)nc2c1c(=O)n(C)c(=O)n2CC. The van der Waals surface area contributed by atoms with E-state index >= 15 is 0 Å². The van der Waals surface area contributed by atoms with Crippen LogP contribution in [0.15, 0.2) is 9.59 Å². The Morgan fingerprint density at radius 2 is 1.79 bits per heavy atom. The average molecular weight is 265 g/mol. The van der Waals surface area contributed by atoms with E-state index in [1.54, 1.807) is 0 Å². The summed E-state index contributed by atoms with van der Waals surface area (Å²) in [6, 6.07) is 0. The van der Waals surface area contributed by atoms with Gasteiger partial charge in [0.05, 0.1) is 6.54 Å². The minimum absolute atomic E-state index is 0.290. The molecule has 0 aromatic carbocycles. The molecule has 0 saturated heterocycles. The van der Waals surface area contributed by atoms with Crippen molar-refractivity contribution in [1.29, 1.82) is 0 Å². The fourth-order valence-corrected chi connectivity index (χ4v) is 2.32. The number of imidazole rings is 1. The van der Waals surface area contributed by atoms with Gasteiger partial charge in [0.2, 0.25) is 0 Å². The van der Waals surface area contributed by atoms with Gasteiger partial charge in [-0.2, -0.15) is 0 Å². The van der Waals surface area contributed by atoms with Gasteiger partial charge in [-0.3, -0.25) is 13.9 Å². The Morgan fingerprint density at radius 1 is 1.16 bits per heavy atom. The molecule has 7 nitrogen and oxygen atoms in total. The second-order valence-electron chi connectivity index (χ2n) is 4.37. The van der Waals surface area contributed by atoms with E-state index in [0.29, 0.717) is 30.8 Å². The van der Waals surface area contributed by atoms with Crippen LogP contribution in [0.2, 0.25) is 0 Å². The number of nitrogens with one attached hydrogen (secondary N) is 1. The molecule has 0 aliphatic rings. The van der Waals surface area contributed by atoms with Gasteiger partial charge in [-0.05, 0) is 20.9 Å². The quantitative estimate of drug-likeness (QED) is 0.820. The lowest BCUT2D eigenvalue weighted by Crippen LogP contribution is -2.38. The van der Waals surface area contributed by atoms with Gasteiger partial charge >= 0.3 is 5.69 Å². The van der Waals surface area contributed by atoms with E-state index in [2.05, 4.69) is 10.3 Å². The van der Waals surface area contributed by atoms with E-state index in [1.165, 1.54) is 11.6 Å². The summed E-state index contributed by atoms with van der Waals surface area (Å²) in [6.45, 7) is 5.52. The molecule has 0 atom stereocenters. The lowest BCUT2D eigenvalue weighted by molar-refractivity contribution is 0.647. The van der Waals surface area contributed by atoms with E-state index in [0.717, 1.165) is 10.4 Å². The van der Waals surface area contributed by atoms with Crippen molar-refractivity contribution in [2.45, 2.75) is 33.5 Å². The Hall–Kier alpha value is -1.89. The molecule has 104 valence electrons. The molecule has 2 aromatic heterocycles. The third-order valence-electron chi connectivity index (χ3n) is 3.28. The van der Waals surface area contributed by atoms with Gasteiger partial charge in [-0.25, -0.2) is 9.78 Å². The largest absolute Gasteiger partial charge is 0.332 e. The molecule has 0 aliphatic carbocycles. The summed E-state index contributed by atoms with van der Waals surface area (Å²) in [5.41, 5.74) is 0.359. The number of fused-ring (bicyclic) bond motifs is 1. The maximum atomic E-state index is 12.3. The Balaban J connectivity index is 2.98. The molecule has 2 heterocycles. The van der Waals surface area contributed by atoms with Crippen LogP contribution in [0.5, 0.6) is 0 Å². The van der Waals surface area contributed by atoms with Crippen LogP contribution in [-0.4, -0.2) is 25.7 Å². The van der Waals surface area contributed by atoms with Crippen molar-refractivity contribution in [3.63, 3.8) is 0 Å². The molecule has 2 rings (SSSR count). The van der Waals surface area contributed by atoms with Crippen LogP contribution >= 0.6 is 0 Å². The minimum Gasteiger partial charge on any atom is -0.321 e. The predicted molar refractivity (Wildman–Crippen MR) is 73.3 cm³/mol. The molecule has 19 heavy (non-hydrogen) atoms. The maximum absolute atomic E-state index is 12.3. The first-order valence-electron chi connectivity index (χ1n) is 6.40. The highest BCUT2D eigenvalue weighted by atomic mass is 16.2. The van der Waals surface area contributed by atoms with Gasteiger partial charge in [0.25, 0.3) is 5.56 Å². The van der Waals surface area contributed by atoms with E-state index in [1.807, 2.05) is 25.5 Å². The molecule has 0 aliphatic heterocycles. The zero-order valence-corrected chi connectivity index (χ0v) is 11.7. The Kier molecular flexibility index (Phi) is 3.57. The average Bonchev–Trinajstić information content (AvgIpc) is 2.75. The maximum Gasteiger partial charge on any atom is 0.332 e. The predicted octanol–water partition coefficient (Wildman–Crippen LogP) is -0.344. The summed E-state index contributed by atoms with van der Waals surface area (Å²) in [5, 5.41) is 3.03. The summed E-state index contributed by atoms with van der Waals surface area (Å²) >= 11 is 0. The van der Waals surface area contributed by atoms with Crippen LogP contribution in [0.25, 0.3) is 11.2 Å². The van der Waals surface area contributed by atoms with Crippen molar-refractivity contribution < 1.29 is 0 Å². The van der Waals surface area contributed by atoms with Crippen LogP contribution in [0.3, 0.4) is 0 Å². The topological polar surface area (TPSA) is 73.8 Å². The van der Waals surface area contributed by atoms with Crippen LogP contribution in [0.1, 0.15) is 19.7 Å². The highest BCUT2D eigenvalue weighted by Gasteiger charge is 2.18. The third-order valence-corrected chi connectivity index (χ3v) is 3.28. The van der Waals surface area contributed by atoms with E-state index in [4.69, 9.17) is 0 Å². The standard InChI is InChI=1S/C12H19N5O2/c1-5-16-8(7-13-3)14-10-9(16)11(18)15(4)12(19)17(10)6-2/h13H,5-7H2,1-4H3. The summed E-state index contributed by atoms with van der Waals surface area (Å²) in [7, 11) is 3.32. The Labute approximate surface area is 110 Å². The third kappa shape index (κ3) is 1.90. The number of hydrogen-bond acceptors (Lipinski definition) is 4. The molecule has 0 radical (unpaired) electrons. The normalized spacial score (nSPS) is 11.4. The first-order valence-corrected chi connectivity index (χ1v) is 6.40. The molecule has 0 fully saturated rings. The molecule has 0 amide bonds. The molecule has 1 N–H and O–H groups in total. The lowest BCUT2D eigenvalue weighted by atomic mass is 10.4. The van der Waals surface area contributed by atoms with Gasteiger partial charge < -0.3 is 9.88 Å². The second kappa shape index (κ2) is 5.00. The van der Waals surface area contributed by atoms with Crippen LogP contribution < -0.4 is 16.6 Å². The molecule has 7 heteroatoms. The van der Waals surface area contributed by atoms with Gasteiger partial charge in [0, 0.05) is 20.1 Å². The number of aromatic nitrogens is 4. The number of hydrogen-bond donors (Lipinski definition) is 1. The number of rotatable bonds is 4. The molecule has 0 spiro atoms. The molecule has 0 saturated carbocycles. The number of nitrogens with zero attached hydrogens (tertiary/aromatic N) is 4. The van der Waals surface area contributed by atoms with E-state index in [9.17, 15) is 9.59 Å². The van der Waals surface area contributed by atoms with Crippen molar-refractivity contribution in [3.8, 4) is 0 Å². The fourth-order valence-electron chi connectivity index (χ4n) is 2.32. The van der Waals surface area contributed by atoms with Gasteiger partial charge in [0.1, 0.15) is 5.82 Å².